The first-order valence-corrected chi connectivity index (χ1v) is 14.3. The van der Waals surface area contributed by atoms with Crippen LogP contribution in [0.15, 0.2) is 64.8 Å². The molecule has 0 unspecified atom stereocenters. The zero-order chi connectivity index (χ0) is 32.6. The number of nitrogens with zero attached hydrogens (tertiary/aromatic N) is 4. The van der Waals surface area contributed by atoms with Gasteiger partial charge in [0, 0.05) is 53.9 Å². The number of amides is 2. The Bertz CT molecular complexity index is 1860. The number of fused-ring (bicyclic) bond motifs is 3. The largest absolute Gasteiger partial charge is 0.508 e. The average molecular weight is 633 g/mol. The van der Waals surface area contributed by atoms with Crippen molar-refractivity contribution in [3.05, 3.63) is 95.6 Å². The van der Waals surface area contributed by atoms with E-state index < -0.39 is 56.7 Å². The summed E-state index contributed by atoms with van der Waals surface area (Å²) in [6, 6.07) is 6.20. The maximum atomic E-state index is 14.2. The highest BCUT2D eigenvalue weighted by Gasteiger charge is 2.57. The molecule has 1 N–H and O–H groups in total. The molecule has 1 heterocycles. The number of phenolic OH excluding ortho intramolecular Hbond substituents is 1. The summed E-state index contributed by atoms with van der Waals surface area (Å²) < 4.78 is 0. The molecule has 0 saturated carbocycles. The van der Waals surface area contributed by atoms with E-state index in [1.807, 2.05) is 0 Å². The Balaban J connectivity index is 1.49. The zero-order valence-electron chi connectivity index (χ0n) is 24.1. The number of imide groups is 1. The van der Waals surface area contributed by atoms with Gasteiger partial charge in [0.2, 0.25) is 11.8 Å². The van der Waals surface area contributed by atoms with Crippen molar-refractivity contribution in [2.75, 3.05) is 23.9 Å². The lowest BCUT2D eigenvalue weighted by atomic mass is 9.59. The van der Waals surface area contributed by atoms with E-state index in [4.69, 9.17) is 11.6 Å². The maximum Gasteiger partial charge on any atom is 0.301 e. The predicted molar refractivity (Wildman–Crippen MR) is 161 cm³/mol. The Morgan fingerprint density at radius 1 is 0.978 bits per heavy atom. The highest BCUT2D eigenvalue weighted by Crippen LogP contribution is 2.56. The summed E-state index contributed by atoms with van der Waals surface area (Å²) >= 11 is 6.56. The molecule has 1 fully saturated rings. The summed E-state index contributed by atoms with van der Waals surface area (Å²) in [5, 5.41) is 34.1. The normalized spacial score (nSPS) is 24.1. The zero-order valence-corrected chi connectivity index (χ0v) is 24.9. The molecule has 3 aliphatic carbocycles. The second-order valence-electron chi connectivity index (χ2n) is 11.7. The van der Waals surface area contributed by atoms with Gasteiger partial charge in [-0.05, 0) is 49.5 Å². The van der Waals surface area contributed by atoms with Crippen molar-refractivity contribution in [3.63, 3.8) is 0 Å². The predicted octanol–water partition coefficient (Wildman–Crippen LogP) is 4.56. The molecule has 14 heteroatoms. The lowest BCUT2D eigenvalue weighted by Crippen LogP contribution is -2.39. The van der Waals surface area contributed by atoms with Crippen LogP contribution in [-0.2, 0) is 19.2 Å². The molecule has 13 nitrogen and oxygen atoms in total. The molecule has 1 saturated heterocycles. The van der Waals surface area contributed by atoms with E-state index in [2.05, 4.69) is 0 Å². The molecule has 1 aliphatic heterocycles. The van der Waals surface area contributed by atoms with Gasteiger partial charge in [0.15, 0.2) is 17.3 Å². The van der Waals surface area contributed by atoms with Crippen molar-refractivity contribution in [2.24, 2.45) is 17.8 Å². The van der Waals surface area contributed by atoms with Gasteiger partial charge in [-0.1, -0.05) is 29.3 Å². The van der Waals surface area contributed by atoms with Gasteiger partial charge in [0.1, 0.15) is 5.75 Å². The van der Waals surface area contributed by atoms with Crippen molar-refractivity contribution in [2.45, 2.75) is 25.7 Å². The van der Waals surface area contributed by atoms with Crippen molar-refractivity contribution < 1.29 is 34.1 Å². The van der Waals surface area contributed by atoms with Crippen molar-refractivity contribution >= 4 is 57.7 Å². The van der Waals surface area contributed by atoms with Crippen LogP contribution in [0.5, 0.6) is 5.75 Å². The first-order valence-electron chi connectivity index (χ1n) is 13.9. The summed E-state index contributed by atoms with van der Waals surface area (Å²) in [5.41, 5.74) is -0.201. The molecule has 0 bridgehead atoms. The first-order chi connectivity index (χ1) is 21.2. The molecule has 45 heavy (non-hydrogen) atoms. The fourth-order valence-corrected chi connectivity index (χ4v) is 7.48. The quantitative estimate of drug-likeness (QED) is 0.161. The second-order valence-corrected chi connectivity index (χ2v) is 12.1. The fraction of sp³-hybridized carbons (Fsp3) is 0.290. The van der Waals surface area contributed by atoms with E-state index in [9.17, 15) is 44.5 Å². The van der Waals surface area contributed by atoms with Gasteiger partial charge in [-0.3, -0.25) is 39.4 Å². The van der Waals surface area contributed by atoms with E-state index in [-0.39, 0.29) is 63.3 Å². The van der Waals surface area contributed by atoms with Crippen LogP contribution in [0.3, 0.4) is 0 Å². The number of carbonyl (C=O) groups is 4. The lowest BCUT2D eigenvalue weighted by molar-refractivity contribution is -0.392. The van der Waals surface area contributed by atoms with Crippen LogP contribution in [-0.4, -0.2) is 52.4 Å². The van der Waals surface area contributed by atoms with Gasteiger partial charge in [0.25, 0.3) is 0 Å². The number of aromatic hydroxyl groups is 1. The van der Waals surface area contributed by atoms with E-state index in [1.165, 1.54) is 44.1 Å². The molecule has 0 spiro atoms. The molecule has 0 radical (unpaired) electrons. The Morgan fingerprint density at radius 2 is 1.62 bits per heavy atom. The molecule has 4 atom stereocenters. The Labute approximate surface area is 260 Å². The third kappa shape index (κ3) is 4.45. The Morgan fingerprint density at radius 3 is 2.20 bits per heavy atom. The van der Waals surface area contributed by atoms with Gasteiger partial charge >= 0.3 is 11.4 Å². The number of nitro groups is 2. The molecule has 2 aromatic carbocycles. The highest BCUT2D eigenvalue weighted by molar-refractivity contribution is 6.32. The van der Waals surface area contributed by atoms with Crippen molar-refractivity contribution in [3.8, 4) is 5.75 Å². The third-order valence-electron chi connectivity index (χ3n) is 9.01. The van der Waals surface area contributed by atoms with Crippen LogP contribution in [0.1, 0.15) is 31.2 Å². The molecular formula is C31H25ClN4O9. The van der Waals surface area contributed by atoms with E-state index >= 15 is 0 Å². The Hall–Kier alpha value is -5.17. The van der Waals surface area contributed by atoms with Crippen LogP contribution in [0.25, 0.3) is 0 Å². The monoisotopic (exact) mass is 632 g/mol. The summed E-state index contributed by atoms with van der Waals surface area (Å²) in [6.45, 7) is 1.52. The average Bonchev–Trinajstić information content (AvgIpc) is 3.23. The van der Waals surface area contributed by atoms with Gasteiger partial charge < -0.3 is 10.0 Å². The van der Waals surface area contributed by atoms with E-state index in [1.54, 1.807) is 12.1 Å². The summed E-state index contributed by atoms with van der Waals surface area (Å²) in [5.74, 6) is -5.77. The van der Waals surface area contributed by atoms with Crippen LogP contribution < -0.4 is 9.80 Å². The number of halogens is 1. The number of allylic oxidation sites excluding steroid dienone is 6. The minimum atomic E-state index is -1.02. The number of phenols is 1. The Kier molecular flexibility index (Phi) is 6.96. The standard InChI is InChI=1S/C31H25ClN4O9/c1-13-8-24(38)27-20(29(13)39)12-19-16(25(27)17-5-4-15(37)11-21(17)32)6-7-18-26(19)31(41)34(30(18)40)14-9-22(35(42)43)28(33(2)3)23(10-14)36(44)45/h4-6,8-11,18-19,25-26,37H,7,12H2,1-3H3/t18-,19+,25+,26-/m0/s1. The van der Waals surface area contributed by atoms with Crippen molar-refractivity contribution in [1.82, 2.24) is 0 Å². The number of nitro benzene ring substituents is 2. The fourth-order valence-electron chi connectivity index (χ4n) is 7.20. The van der Waals surface area contributed by atoms with E-state index in [0.29, 0.717) is 11.1 Å². The molecule has 4 aliphatic rings. The third-order valence-corrected chi connectivity index (χ3v) is 9.34. The number of carbonyl (C=O) groups excluding carboxylic acids is 4. The molecule has 0 aromatic heterocycles. The first kappa shape index (κ1) is 29.9. The SMILES string of the molecule is CC1=CC(=O)C2=C(C[C@@H]3C(=CC[C@@H]4C(=O)N(c5cc([N+](=O)[O-])c(N(C)C)c([N+](=O)[O-])c5)C(=O)[C@@H]43)[C@@H]2c2ccc(O)cc2Cl)C1=O. The minimum absolute atomic E-state index is 0.0169. The van der Waals surface area contributed by atoms with Gasteiger partial charge in [-0.25, -0.2) is 4.90 Å². The number of ketones is 2. The molecule has 2 aromatic rings. The van der Waals surface area contributed by atoms with Gasteiger partial charge in [-0.15, -0.1) is 0 Å². The summed E-state index contributed by atoms with van der Waals surface area (Å²) in [6.07, 6.45) is 3.08. The van der Waals surface area contributed by atoms with Crippen LogP contribution in [0.4, 0.5) is 22.7 Å². The van der Waals surface area contributed by atoms with Crippen LogP contribution in [0, 0.1) is 38.0 Å². The molecular weight excluding hydrogens is 608 g/mol. The number of hydrogen-bond acceptors (Lipinski definition) is 10. The van der Waals surface area contributed by atoms with Gasteiger partial charge in [0.05, 0.1) is 27.4 Å². The number of hydrogen-bond donors (Lipinski definition) is 1. The lowest BCUT2D eigenvalue weighted by Gasteiger charge is -2.42. The van der Waals surface area contributed by atoms with Crippen molar-refractivity contribution in [1.29, 1.82) is 0 Å². The minimum Gasteiger partial charge on any atom is -0.508 e. The smallest absolute Gasteiger partial charge is 0.301 e. The van der Waals surface area contributed by atoms with Gasteiger partial charge in [-0.2, -0.15) is 0 Å². The van der Waals surface area contributed by atoms with Crippen LogP contribution in [0.2, 0.25) is 5.02 Å². The van der Waals surface area contributed by atoms with E-state index in [0.717, 1.165) is 17.0 Å². The molecule has 6 rings (SSSR count). The number of Topliss-reactive ketones (excluding diaryl/α,β-unsaturated/α-hetero) is 1. The number of anilines is 2. The van der Waals surface area contributed by atoms with Crippen LogP contribution >= 0.6 is 11.6 Å². The number of rotatable bonds is 5. The maximum absolute atomic E-state index is 14.2. The number of benzene rings is 2. The summed E-state index contributed by atoms with van der Waals surface area (Å²) in [7, 11) is 2.81. The highest BCUT2D eigenvalue weighted by atomic mass is 35.5. The topological polar surface area (TPSA) is 181 Å². The summed E-state index contributed by atoms with van der Waals surface area (Å²) in [4.78, 5) is 79.2. The molecule has 2 amide bonds. The second kappa shape index (κ2) is 10.5. The molecule has 230 valence electrons.